The van der Waals surface area contributed by atoms with E-state index in [0.717, 1.165) is 5.56 Å². The molecule has 0 heterocycles. The molecule has 114 valence electrons. The highest BCUT2D eigenvalue weighted by Gasteiger charge is 2.24. The molecule has 0 aliphatic rings. The Morgan fingerprint density at radius 2 is 1.95 bits per heavy atom. The number of rotatable bonds is 7. The fraction of sp³-hybridized carbons (Fsp3) is 0.357. The summed E-state index contributed by atoms with van der Waals surface area (Å²) >= 11 is 1.46. The molecule has 6 nitrogen and oxygen atoms in total. The van der Waals surface area contributed by atoms with E-state index in [1.807, 2.05) is 12.3 Å². The summed E-state index contributed by atoms with van der Waals surface area (Å²) in [5.74, 6) is -2.74. The molecule has 1 aromatic carbocycles. The van der Waals surface area contributed by atoms with E-state index in [1.165, 1.54) is 11.8 Å². The zero-order chi connectivity index (χ0) is 15.7. The lowest BCUT2D eigenvalue weighted by atomic mass is 10.2. The fourth-order valence-corrected chi connectivity index (χ4v) is 1.97. The third kappa shape index (κ3) is 6.31. The summed E-state index contributed by atoms with van der Waals surface area (Å²) in [6, 6.07) is 7.81. The Hall–Kier alpha value is -2.02. The van der Waals surface area contributed by atoms with Gasteiger partial charge in [0.25, 0.3) is 0 Å². The van der Waals surface area contributed by atoms with E-state index in [1.54, 1.807) is 24.3 Å². The second kappa shape index (κ2) is 9.02. The van der Waals surface area contributed by atoms with Crippen LogP contribution in [-0.2, 0) is 25.7 Å². The van der Waals surface area contributed by atoms with E-state index in [4.69, 9.17) is 9.84 Å². The molecule has 0 radical (unpaired) electrons. The first kappa shape index (κ1) is 17.0. The smallest absolute Gasteiger partial charge is 0.397 e. The minimum atomic E-state index is -1.17. The summed E-state index contributed by atoms with van der Waals surface area (Å²) in [6.45, 7) is -0.0321. The highest BCUT2D eigenvalue weighted by molar-refractivity contribution is 7.98. The van der Waals surface area contributed by atoms with Gasteiger partial charge in [-0.2, -0.15) is 11.8 Å². The summed E-state index contributed by atoms with van der Waals surface area (Å²) in [7, 11) is 0. The average molecular weight is 311 g/mol. The van der Waals surface area contributed by atoms with Gasteiger partial charge in [-0.15, -0.1) is 0 Å². The summed E-state index contributed by atoms with van der Waals surface area (Å²) in [4.78, 5) is 34.1. The predicted octanol–water partition coefficient (Wildman–Crippen LogP) is 1.05. The van der Waals surface area contributed by atoms with E-state index >= 15 is 0 Å². The van der Waals surface area contributed by atoms with Crippen molar-refractivity contribution in [1.29, 1.82) is 0 Å². The van der Waals surface area contributed by atoms with Crippen molar-refractivity contribution in [2.75, 3.05) is 12.0 Å². The maximum absolute atomic E-state index is 11.6. The van der Waals surface area contributed by atoms with Gasteiger partial charge < -0.3 is 15.2 Å². The molecular weight excluding hydrogens is 294 g/mol. The second-order valence-corrected chi connectivity index (χ2v) is 5.19. The Labute approximate surface area is 126 Å². The standard InChI is InChI=1S/C14H17NO5S/c1-21-8-7-11(13(17)18)15-12(16)14(19)20-9-10-5-3-2-4-6-10/h2-6,11H,7-9H2,1H3,(H,15,16)(H,17,18)/t11-/m0/s1. The van der Waals surface area contributed by atoms with Crippen LogP contribution in [0.2, 0.25) is 0 Å². The highest BCUT2D eigenvalue weighted by Crippen LogP contribution is 2.03. The van der Waals surface area contributed by atoms with Crippen LogP contribution in [0.5, 0.6) is 0 Å². The first-order valence-corrected chi connectivity index (χ1v) is 7.67. The van der Waals surface area contributed by atoms with Crippen LogP contribution in [0.4, 0.5) is 0 Å². The number of carboxylic acids is 1. The Morgan fingerprint density at radius 3 is 2.52 bits per heavy atom. The molecule has 0 aromatic heterocycles. The number of hydrogen-bond donors (Lipinski definition) is 2. The van der Waals surface area contributed by atoms with Gasteiger partial charge in [0.2, 0.25) is 0 Å². The molecule has 1 rings (SSSR count). The van der Waals surface area contributed by atoms with Crippen molar-refractivity contribution >= 4 is 29.6 Å². The van der Waals surface area contributed by atoms with Crippen molar-refractivity contribution in [1.82, 2.24) is 5.32 Å². The minimum Gasteiger partial charge on any atom is -0.480 e. The Morgan fingerprint density at radius 1 is 1.29 bits per heavy atom. The van der Waals surface area contributed by atoms with Crippen molar-refractivity contribution in [3.63, 3.8) is 0 Å². The molecule has 0 aliphatic carbocycles. The SMILES string of the molecule is CSCC[C@H](NC(=O)C(=O)OCc1ccccc1)C(=O)O. The molecule has 21 heavy (non-hydrogen) atoms. The topological polar surface area (TPSA) is 92.7 Å². The van der Waals surface area contributed by atoms with Crippen LogP contribution in [-0.4, -0.2) is 41.0 Å². The number of esters is 1. The number of benzene rings is 1. The zero-order valence-corrected chi connectivity index (χ0v) is 12.4. The molecule has 0 aliphatic heterocycles. The number of aliphatic carboxylic acids is 1. The highest BCUT2D eigenvalue weighted by atomic mass is 32.2. The number of carboxylic acid groups (broad SMARTS) is 1. The molecule has 0 fully saturated rings. The first-order valence-electron chi connectivity index (χ1n) is 6.28. The van der Waals surface area contributed by atoms with Gasteiger partial charge in [0.15, 0.2) is 0 Å². The normalized spacial score (nSPS) is 11.5. The first-order chi connectivity index (χ1) is 10.0. The van der Waals surface area contributed by atoms with Gasteiger partial charge in [0, 0.05) is 0 Å². The number of amides is 1. The number of carbonyl (C=O) groups is 3. The maximum Gasteiger partial charge on any atom is 0.397 e. The summed E-state index contributed by atoms with van der Waals surface area (Å²) in [5.41, 5.74) is 0.746. The minimum absolute atomic E-state index is 0.0321. The van der Waals surface area contributed by atoms with E-state index in [9.17, 15) is 14.4 Å². The predicted molar refractivity (Wildman–Crippen MR) is 78.8 cm³/mol. The summed E-state index contributed by atoms with van der Waals surface area (Å²) in [6.07, 6.45) is 2.07. The lowest BCUT2D eigenvalue weighted by Gasteiger charge is -2.13. The monoisotopic (exact) mass is 311 g/mol. The molecule has 2 N–H and O–H groups in total. The van der Waals surface area contributed by atoms with Crippen LogP contribution in [0.25, 0.3) is 0 Å². The average Bonchev–Trinajstić information content (AvgIpc) is 2.49. The number of hydrogen-bond acceptors (Lipinski definition) is 5. The van der Waals surface area contributed by atoms with E-state index in [0.29, 0.717) is 5.75 Å². The van der Waals surface area contributed by atoms with E-state index < -0.39 is 23.9 Å². The maximum atomic E-state index is 11.6. The van der Waals surface area contributed by atoms with Crippen LogP contribution < -0.4 is 5.32 Å². The molecule has 1 aromatic rings. The third-order valence-electron chi connectivity index (χ3n) is 2.61. The van der Waals surface area contributed by atoms with Crippen LogP contribution in [0.3, 0.4) is 0 Å². The Bertz CT molecular complexity index is 491. The van der Waals surface area contributed by atoms with Crippen LogP contribution in [0.1, 0.15) is 12.0 Å². The summed E-state index contributed by atoms with van der Waals surface area (Å²) in [5, 5.41) is 11.1. The molecule has 1 amide bonds. The van der Waals surface area contributed by atoms with Gasteiger partial charge in [-0.3, -0.25) is 4.79 Å². The van der Waals surface area contributed by atoms with Crippen molar-refractivity contribution < 1.29 is 24.2 Å². The second-order valence-electron chi connectivity index (χ2n) is 4.21. The van der Waals surface area contributed by atoms with Crippen molar-refractivity contribution in [3.8, 4) is 0 Å². The van der Waals surface area contributed by atoms with Crippen LogP contribution in [0.15, 0.2) is 30.3 Å². The van der Waals surface area contributed by atoms with E-state index in [2.05, 4.69) is 5.32 Å². The number of nitrogens with one attached hydrogen (secondary N) is 1. The number of thioether (sulfide) groups is 1. The third-order valence-corrected chi connectivity index (χ3v) is 3.26. The molecule has 0 spiro atoms. The van der Waals surface area contributed by atoms with Crippen molar-refractivity contribution in [2.45, 2.75) is 19.1 Å². The van der Waals surface area contributed by atoms with Gasteiger partial charge in [-0.05, 0) is 24.0 Å². The molecule has 0 unspecified atom stereocenters. The fourth-order valence-electron chi connectivity index (χ4n) is 1.50. The largest absolute Gasteiger partial charge is 0.480 e. The Balaban J connectivity index is 2.45. The molecule has 0 saturated carbocycles. The molecule has 7 heteroatoms. The van der Waals surface area contributed by atoms with Crippen molar-refractivity contribution in [3.05, 3.63) is 35.9 Å². The van der Waals surface area contributed by atoms with Crippen LogP contribution >= 0.6 is 11.8 Å². The molecule has 0 bridgehead atoms. The molecular formula is C14H17NO5S. The van der Waals surface area contributed by atoms with Gasteiger partial charge in [-0.1, -0.05) is 30.3 Å². The van der Waals surface area contributed by atoms with E-state index in [-0.39, 0.29) is 13.0 Å². The molecule has 1 atom stereocenters. The Kier molecular flexibility index (Phi) is 7.31. The quantitative estimate of drug-likeness (QED) is 0.577. The zero-order valence-electron chi connectivity index (χ0n) is 11.6. The number of ether oxygens (including phenoxy) is 1. The lowest BCUT2D eigenvalue weighted by molar-refractivity contribution is -0.157. The van der Waals surface area contributed by atoms with Gasteiger partial charge in [-0.25, -0.2) is 9.59 Å². The van der Waals surface area contributed by atoms with Gasteiger partial charge >= 0.3 is 17.8 Å². The van der Waals surface area contributed by atoms with Gasteiger partial charge in [0.1, 0.15) is 12.6 Å². The lowest BCUT2D eigenvalue weighted by Crippen LogP contribution is -2.44. The summed E-state index contributed by atoms with van der Waals surface area (Å²) < 4.78 is 4.83. The van der Waals surface area contributed by atoms with Crippen molar-refractivity contribution in [2.24, 2.45) is 0 Å². The van der Waals surface area contributed by atoms with Crippen LogP contribution in [0, 0.1) is 0 Å². The van der Waals surface area contributed by atoms with Gasteiger partial charge in [0.05, 0.1) is 0 Å². The number of carbonyl (C=O) groups excluding carboxylic acids is 2. The molecule has 0 saturated heterocycles.